The Balaban J connectivity index is 1.54. The molecular formula is C15H17N3O2. The average molecular weight is 271 g/mol. The summed E-state index contributed by atoms with van der Waals surface area (Å²) in [7, 11) is 0. The van der Waals surface area contributed by atoms with Gasteiger partial charge in [-0.25, -0.2) is 4.98 Å². The molecule has 1 aliphatic rings. The minimum Gasteiger partial charge on any atom is -0.481 e. The van der Waals surface area contributed by atoms with Gasteiger partial charge in [-0.2, -0.15) is 0 Å². The molecule has 5 nitrogen and oxygen atoms in total. The molecule has 104 valence electrons. The van der Waals surface area contributed by atoms with Crippen molar-refractivity contribution in [3.8, 4) is 5.69 Å². The maximum atomic E-state index is 10.6. The van der Waals surface area contributed by atoms with E-state index in [0.29, 0.717) is 5.92 Å². The van der Waals surface area contributed by atoms with Gasteiger partial charge in [0.25, 0.3) is 0 Å². The van der Waals surface area contributed by atoms with Crippen LogP contribution in [0.4, 0.5) is 0 Å². The second-order valence-electron chi connectivity index (χ2n) is 5.29. The molecule has 0 radical (unpaired) electrons. The van der Waals surface area contributed by atoms with Gasteiger partial charge in [-0.15, -0.1) is 0 Å². The number of hydrogen-bond donors (Lipinski definition) is 1. The second-order valence-corrected chi connectivity index (χ2v) is 5.29. The number of nitrogens with zero attached hydrogens (tertiary/aromatic N) is 3. The van der Waals surface area contributed by atoms with Crippen molar-refractivity contribution in [1.82, 2.24) is 14.5 Å². The Labute approximate surface area is 117 Å². The molecule has 0 amide bonds. The van der Waals surface area contributed by atoms with E-state index in [1.165, 1.54) is 5.56 Å². The molecule has 1 N–H and O–H groups in total. The van der Waals surface area contributed by atoms with E-state index in [4.69, 9.17) is 5.11 Å². The van der Waals surface area contributed by atoms with Gasteiger partial charge in [0.05, 0.1) is 12.7 Å². The molecule has 0 saturated carbocycles. The number of carbonyl (C=O) groups is 1. The fourth-order valence-corrected chi connectivity index (χ4v) is 2.63. The zero-order valence-corrected chi connectivity index (χ0v) is 11.1. The zero-order valence-electron chi connectivity index (χ0n) is 11.1. The quantitative estimate of drug-likeness (QED) is 0.900. The Bertz CT molecular complexity index is 572. The van der Waals surface area contributed by atoms with Gasteiger partial charge < -0.3 is 9.67 Å². The summed E-state index contributed by atoms with van der Waals surface area (Å²) in [6.45, 7) is 2.66. The van der Waals surface area contributed by atoms with Gasteiger partial charge in [0, 0.05) is 37.7 Å². The largest absolute Gasteiger partial charge is 0.481 e. The Morgan fingerprint density at radius 3 is 2.65 bits per heavy atom. The summed E-state index contributed by atoms with van der Waals surface area (Å²) in [6, 6.07) is 8.37. The Morgan fingerprint density at radius 2 is 2.05 bits per heavy atom. The molecule has 0 aliphatic carbocycles. The molecule has 1 aromatic heterocycles. The van der Waals surface area contributed by atoms with Crippen LogP contribution in [-0.2, 0) is 11.3 Å². The summed E-state index contributed by atoms with van der Waals surface area (Å²) in [5.74, 6) is -0.378. The molecule has 3 rings (SSSR count). The SMILES string of the molecule is O=C(O)CC1CN(Cc2ccc(-n3ccnc3)cc2)C1. The average Bonchev–Trinajstić information content (AvgIpc) is 2.90. The van der Waals surface area contributed by atoms with Crippen LogP contribution in [0.2, 0.25) is 0 Å². The van der Waals surface area contributed by atoms with Crippen molar-refractivity contribution < 1.29 is 9.90 Å². The van der Waals surface area contributed by atoms with Gasteiger partial charge in [-0.3, -0.25) is 9.69 Å². The minimum absolute atomic E-state index is 0.288. The fourth-order valence-electron chi connectivity index (χ4n) is 2.63. The van der Waals surface area contributed by atoms with Crippen molar-refractivity contribution >= 4 is 5.97 Å². The van der Waals surface area contributed by atoms with Crippen LogP contribution < -0.4 is 0 Å². The lowest BCUT2D eigenvalue weighted by Gasteiger charge is -2.38. The minimum atomic E-state index is -0.695. The van der Waals surface area contributed by atoms with E-state index < -0.39 is 5.97 Å². The lowest BCUT2D eigenvalue weighted by molar-refractivity contribution is -0.139. The van der Waals surface area contributed by atoms with Crippen molar-refractivity contribution in [2.75, 3.05) is 13.1 Å². The molecule has 1 aromatic carbocycles. The molecule has 0 atom stereocenters. The molecule has 1 fully saturated rings. The molecule has 0 unspecified atom stereocenters. The lowest BCUT2D eigenvalue weighted by Crippen LogP contribution is -2.46. The number of carboxylic acids is 1. The first-order chi connectivity index (χ1) is 9.70. The summed E-state index contributed by atoms with van der Waals surface area (Å²) in [6.07, 6.45) is 5.74. The Morgan fingerprint density at radius 1 is 1.30 bits per heavy atom. The first-order valence-electron chi connectivity index (χ1n) is 6.72. The molecule has 2 aromatic rings. The topological polar surface area (TPSA) is 58.4 Å². The van der Waals surface area contributed by atoms with Gasteiger partial charge in [-0.1, -0.05) is 12.1 Å². The maximum absolute atomic E-state index is 10.6. The Hall–Kier alpha value is -2.14. The molecule has 0 bridgehead atoms. The number of benzene rings is 1. The van der Waals surface area contributed by atoms with Gasteiger partial charge in [0.15, 0.2) is 0 Å². The van der Waals surface area contributed by atoms with Crippen LogP contribution in [0.15, 0.2) is 43.0 Å². The number of hydrogen-bond acceptors (Lipinski definition) is 3. The molecule has 0 spiro atoms. The third-order valence-corrected chi connectivity index (χ3v) is 3.64. The van der Waals surface area contributed by atoms with Gasteiger partial charge in [0.1, 0.15) is 0 Å². The van der Waals surface area contributed by atoms with E-state index >= 15 is 0 Å². The third kappa shape index (κ3) is 2.88. The molecule has 1 aliphatic heterocycles. The summed E-state index contributed by atoms with van der Waals surface area (Å²) >= 11 is 0. The zero-order chi connectivity index (χ0) is 13.9. The van der Waals surface area contributed by atoms with Crippen LogP contribution >= 0.6 is 0 Å². The van der Waals surface area contributed by atoms with Gasteiger partial charge >= 0.3 is 5.97 Å². The summed E-state index contributed by atoms with van der Waals surface area (Å²) in [5.41, 5.74) is 2.35. The van der Waals surface area contributed by atoms with Crippen LogP contribution in [-0.4, -0.2) is 38.6 Å². The smallest absolute Gasteiger partial charge is 0.303 e. The number of rotatable bonds is 5. The van der Waals surface area contributed by atoms with Crippen molar-refractivity contribution in [3.63, 3.8) is 0 Å². The summed E-state index contributed by atoms with van der Waals surface area (Å²) in [4.78, 5) is 16.9. The van der Waals surface area contributed by atoms with E-state index in [9.17, 15) is 4.79 Å². The molecule has 20 heavy (non-hydrogen) atoms. The monoisotopic (exact) mass is 271 g/mol. The fraction of sp³-hybridized carbons (Fsp3) is 0.333. The van der Waals surface area contributed by atoms with Gasteiger partial charge in [0.2, 0.25) is 0 Å². The second kappa shape index (κ2) is 5.46. The van der Waals surface area contributed by atoms with Crippen LogP contribution in [0.25, 0.3) is 5.69 Å². The van der Waals surface area contributed by atoms with Crippen LogP contribution in [0, 0.1) is 5.92 Å². The maximum Gasteiger partial charge on any atom is 0.303 e. The third-order valence-electron chi connectivity index (χ3n) is 3.64. The molecular weight excluding hydrogens is 254 g/mol. The van der Waals surface area contributed by atoms with Crippen LogP contribution in [0.3, 0.4) is 0 Å². The Kier molecular flexibility index (Phi) is 3.52. The number of carboxylic acid groups (broad SMARTS) is 1. The van der Waals surface area contributed by atoms with E-state index in [-0.39, 0.29) is 6.42 Å². The van der Waals surface area contributed by atoms with E-state index in [1.54, 1.807) is 12.5 Å². The highest BCUT2D eigenvalue weighted by atomic mass is 16.4. The number of imidazole rings is 1. The van der Waals surface area contributed by atoms with Crippen LogP contribution in [0.1, 0.15) is 12.0 Å². The number of aliphatic carboxylic acids is 1. The standard InChI is InChI=1S/C15H17N3O2/c19-15(20)7-13-9-17(10-13)8-12-1-3-14(4-2-12)18-6-5-16-11-18/h1-6,11,13H,7-10H2,(H,19,20). The highest BCUT2D eigenvalue weighted by Crippen LogP contribution is 2.21. The number of likely N-dealkylation sites (tertiary alicyclic amines) is 1. The van der Waals surface area contributed by atoms with Crippen molar-refractivity contribution in [2.24, 2.45) is 5.92 Å². The molecule has 5 heteroatoms. The predicted molar refractivity (Wildman–Crippen MR) is 74.6 cm³/mol. The lowest BCUT2D eigenvalue weighted by atomic mass is 9.96. The predicted octanol–water partition coefficient (Wildman–Crippen LogP) is 1.78. The first kappa shape index (κ1) is 12.9. The molecule has 1 saturated heterocycles. The summed E-state index contributed by atoms with van der Waals surface area (Å²) in [5, 5.41) is 8.72. The number of aromatic nitrogens is 2. The highest BCUT2D eigenvalue weighted by molar-refractivity contribution is 5.67. The summed E-state index contributed by atoms with van der Waals surface area (Å²) < 4.78 is 1.97. The van der Waals surface area contributed by atoms with Crippen molar-refractivity contribution in [3.05, 3.63) is 48.5 Å². The van der Waals surface area contributed by atoms with Crippen LogP contribution in [0.5, 0.6) is 0 Å². The first-order valence-corrected chi connectivity index (χ1v) is 6.72. The van der Waals surface area contributed by atoms with Gasteiger partial charge in [-0.05, 0) is 23.6 Å². The van der Waals surface area contributed by atoms with Crippen molar-refractivity contribution in [1.29, 1.82) is 0 Å². The van der Waals surface area contributed by atoms with E-state index in [0.717, 1.165) is 25.3 Å². The van der Waals surface area contributed by atoms with E-state index in [2.05, 4.69) is 34.1 Å². The van der Waals surface area contributed by atoms with E-state index in [1.807, 2.05) is 10.8 Å². The highest BCUT2D eigenvalue weighted by Gasteiger charge is 2.28. The molecule has 2 heterocycles. The normalized spacial score (nSPS) is 16.0. The van der Waals surface area contributed by atoms with Crippen molar-refractivity contribution in [2.45, 2.75) is 13.0 Å².